The molecule has 0 aliphatic carbocycles. The Morgan fingerprint density at radius 2 is 2.07 bits per heavy atom. The molecule has 0 unspecified atom stereocenters. The van der Waals surface area contributed by atoms with Gasteiger partial charge in [-0.05, 0) is 6.92 Å². The Bertz CT molecular complexity index is 433. The predicted octanol–water partition coefficient (Wildman–Crippen LogP) is 0.602. The summed E-state index contributed by atoms with van der Waals surface area (Å²) in [4.78, 5) is 11.3. The van der Waals surface area contributed by atoms with E-state index in [4.69, 9.17) is 21.7 Å². The van der Waals surface area contributed by atoms with E-state index < -0.39 is 0 Å². The van der Waals surface area contributed by atoms with Gasteiger partial charge in [-0.3, -0.25) is 19.6 Å². The summed E-state index contributed by atoms with van der Waals surface area (Å²) in [7, 11) is 3.44. The number of aromatic nitrogens is 2. The summed E-state index contributed by atoms with van der Waals surface area (Å²) in [5.74, 6) is -0.362. The van der Waals surface area contributed by atoms with Gasteiger partial charge in [-0.25, -0.2) is 0 Å². The second kappa shape index (κ2) is 4.53. The van der Waals surface area contributed by atoms with Crippen LogP contribution in [0, 0.1) is 5.41 Å². The van der Waals surface area contributed by atoms with Crippen LogP contribution in [0.15, 0.2) is 0 Å². The van der Waals surface area contributed by atoms with Crippen LogP contribution in [0.25, 0.3) is 0 Å². The molecular weight excluding hydrogens is 218 g/mol. The van der Waals surface area contributed by atoms with Crippen molar-refractivity contribution >= 4 is 17.6 Å². The Kier molecular flexibility index (Phi) is 3.57. The highest BCUT2D eigenvalue weighted by Crippen LogP contribution is 2.12. The van der Waals surface area contributed by atoms with Gasteiger partial charge in [0.2, 0.25) is 0 Å². The first-order valence-corrected chi connectivity index (χ1v) is 4.97. The van der Waals surface area contributed by atoms with Crippen molar-refractivity contribution < 1.29 is 9.53 Å². The van der Waals surface area contributed by atoms with Gasteiger partial charge in [0.15, 0.2) is 0 Å². The van der Waals surface area contributed by atoms with E-state index in [0.29, 0.717) is 17.3 Å². The van der Waals surface area contributed by atoms with Crippen molar-refractivity contribution in [2.24, 2.45) is 14.1 Å². The summed E-state index contributed by atoms with van der Waals surface area (Å²) in [6.07, 6.45) is 0.0419. The van der Waals surface area contributed by atoms with E-state index in [-0.39, 0.29) is 17.9 Å². The van der Waals surface area contributed by atoms with Crippen LogP contribution in [-0.2, 0) is 30.0 Å². The number of carbonyl (C=O) groups is 1. The number of halogens is 1. The second-order valence-electron chi connectivity index (χ2n) is 3.15. The van der Waals surface area contributed by atoms with Crippen LogP contribution >= 0.6 is 11.6 Å². The SMILES string of the molecule is CCOC(=O)Cc1c(Cl)n(C)n(C)c1=N. The topological polar surface area (TPSA) is 60.0 Å². The number of nitrogens with zero attached hydrogens (tertiary/aromatic N) is 2. The third kappa shape index (κ3) is 2.23. The number of rotatable bonds is 3. The van der Waals surface area contributed by atoms with Gasteiger partial charge < -0.3 is 4.74 Å². The normalized spacial score (nSPS) is 10.4. The van der Waals surface area contributed by atoms with Crippen LogP contribution in [0.2, 0.25) is 5.15 Å². The summed E-state index contributed by atoms with van der Waals surface area (Å²) in [5, 5.41) is 8.13. The molecule has 0 saturated carbocycles. The van der Waals surface area contributed by atoms with Crippen molar-refractivity contribution in [2.45, 2.75) is 13.3 Å². The zero-order chi connectivity index (χ0) is 11.6. The average Bonchev–Trinajstić information content (AvgIpc) is 2.36. The van der Waals surface area contributed by atoms with E-state index in [0.717, 1.165) is 0 Å². The van der Waals surface area contributed by atoms with E-state index in [2.05, 4.69) is 0 Å². The molecule has 5 nitrogen and oxygen atoms in total. The average molecular weight is 232 g/mol. The van der Waals surface area contributed by atoms with Gasteiger partial charge in [-0.2, -0.15) is 0 Å². The van der Waals surface area contributed by atoms with E-state index in [1.54, 1.807) is 30.4 Å². The molecule has 0 aromatic carbocycles. The molecule has 0 fully saturated rings. The molecule has 0 atom stereocenters. The smallest absolute Gasteiger partial charge is 0.310 e. The largest absolute Gasteiger partial charge is 0.466 e. The van der Waals surface area contributed by atoms with E-state index in [9.17, 15) is 4.79 Å². The van der Waals surface area contributed by atoms with Crippen molar-refractivity contribution in [1.82, 2.24) is 9.36 Å². The van der Waals surface area contributed by atoms with Crippen LogP contribution in [0.4, 0.5) is 0 Å². The van der Waals surface area contributed by atoms with Crippen molar-refractivity contribution in [2.75, 3.05) is 6.61 Å². The lowest BCUT2D eigenvalue weighted by Gasteiger charge is -2.00. The van der Waals surface area contributed by atoms with Crippen LogP contribution in [0.3, 0.4) is 0 Å². The van der Waals surface area contributed by atoms with Crippen molar-refractivity contribution in [3.63, 3.8) is 0 Å². The van der Waals surface area contributed by atoms with Gasteiger partial charge in [0.25, 0.3) is 0 Å². The van der Waals surface area contributed by atoms with Gasteiger partial charge in [-0.15, -0.1) is 0 Å². The van der Waals surface area contributed by atoms with Crippen LogP contribution in [0.5, 0.6) is 0 Å². The molecule has 1 N–H and O–H groups in total. The Morgan fingerprint density at radius 3 is 2.47 bits per heavy atom. The Morgan fingerprint density at radius 1 is 1.47 bits per heavy atom. The molecule has 1 aromatic rings. The third-order valence-corrected chi connectivity index (χ3v) is 2.69. The van der Waals surface area contributed by atoms with Gasteiger partial charge in [0, 0.05) is 19.7 Å². The first-order valence-electron chi connectivity index (χ1n) is 4.59. The monoisotopic (exact) mass is 231 g/mol. The maximum atomic E-state index is 11.3. The Hall–Kier alpha value is -1.23. The summed E-state index contributed by atoms with van der Waals surface area (Å²) in [6, 6.07) is 0. The molecule has 0 aliphatic rings. The first kappa shape index (κ1) is 11.8. The first-order chi connectivity index (χ1) is 6.99. The summed E-state index contributed by atoms with van der Waals surface area (Å²) in [5.41, 5.74) is 0.732. The molecule has 1 aromatic heterocycles. The highest BCUT2D eigenvalue weighted by atomic mass is 35.5. The summed E-state index contributed by atoms with van der Waals surface area (Å²) >= 11 is 5.98. The van der Waals surface area contributed by atoms with Gasteiger partial charge in [0.1, 0.15) is 10.6 Å². The van der Waals surface area contributed by atoms with Crippen LogP contribution in [0.1, 0.15) is 12.5 Å². The minimum atomic E-state index is -0.362. The zero-order valence-electron chi connectivity index (χ0n) is 9.00. The second-order valence-corrected chi connectivity index (χ2v) is 3.50. The molecule has 0 amide bonds. The van der Waals surface area contributed by atoms with Crippen molar-refractivity contribution in [1.29, 1.82) is 5.41 Å². The maximum Gasteiger partial charge on any atom is 0.310 e. The summed E-state index contributed by atoms with van der Waals surface area (Å²) in [6.45, 7) is 2.08. The van der Waals surface area contributed by atoms with Crippen molar-refractivity contribution in [3.8, 4) is 0 Å². The number of hydrogen-bond donors (Lipinski definition) is 1. The fourth-order valence-corrected chi connectivity index (χ4v) is 1.55. The molecule has 0 bridgehead atoms. The van der Waals surface area contributed by atoms with Gasteiger partial charge in [0.05, 0.1) is 13.0 Å². The molecule has 0 spiro atoms. The number of hydrogen-bond acceptors (Lipinski definition) is 3. The molecule has 6 heteroatoms. The molecule has 1 rings (SSSR count). The maximum absolute atomic E-state index is 11.3. The number of nitrogens with one attached hydrogen (secondary N) is 1. The molecule has 1 heterocycles. The molecular formula is C9H14ClN3O2. The third-order valence-electron chi connectivity index (χ3n) is 2.22. The number of carbonyl (C=O) groups excluding carboxylic acids is 1. The Labute approximate surface area is 92.7 Å². The lowest BCUT2D eigenvalue weighted by Crippen LogP contribution is -2.21. The summed E-state index contributed by atoms with van der Waals surface area (Å²) < 4.78 is 7.98. The van der Waals surface area contributed by atoms with Gasteiger partial charge >= 0.3 is 5.97 Å². The number of esters is 1. The molecule has 0 aliphatic heterocycles. The molecule has 0 saturated heterocycles. The fourth-order valence-electron chi connectivity index (χ4n) is 1.28. The molecule has 15 heavy (non-hydrogen) atoms. The Balaban J connectivity index is 3.01. The highest BCUT2D eigenvalue weighted by Gasteiger charge is 2.15. The fraction of sp³-hybridized carbons (Fsp3) is 0.556. The molecule has 84 valence electrons. The van der Waals surface area contributed by atoms with Crippen LogP contribution < -0.4 is 5.49 Å². The molecule has 0 radical (unpaired) electrons. The predicted molar refractivity (Wildman–Crippen MR) is 55.6 cm³/mol. The lowest BCUT2D eigenvalue weighted by molar-refractivity contribution is -0.142. The van der Waals surface area contributed by atoms with Crippen LogP contribution in [-0.4, -0.2) is 21.9 Å². The quantitative estimate of drug-likeness (QED) is 0.775. The highest BCUT2D eigenvalue weighted by molar-refractivity contribution is 6.30. The minimum Gasteiger partial charge on any atom is -0.466 e. The van der Waals surface area contributed by atoms with Crippen molar-refractivity contribution in [3.05, 3.63) is 16.2 Å². The number of ether oxygens (including phenoxy) is 1. The van der Waals surface area contributed by atoms with E-state index in [1.807, 2.05) is 0 Å². The van der Waals surface area contributed by atoms with E-state index in [1.165, 1.54) is 0 Å². The van der Waals surface area contributed by atoms with E-state index >= 15 is 0 Å². The minimum absolute atomic E-state index is 0.0419. The zero-order valence-corrected chi connectivity index (χ0v) is 9.76. The lowest BCUT2D eigenvalue weighted by atomic mass is 10.2. The standard InChI is InChI=1S/C9H14ClN3O2/c1-4-15-7(14)5-6-8(10)12(2)13(3)9(6)11/h11H,4-5H2,1-3H3. The van der Waals surface area contributed by atoms with Gasteiger partial charge in [-0.1, -0.05) is 11.6 Å².